The molecule has 0 heterocycles. The van der Waals surface area contributed by atoms with Crippen LogP contribution >= 0.6 is 0 Å². The number of hydrogen-bond donors (Lipinski definition) is 1. The molecule has 18 nitrogen and oxygen atoms in total. The minimum absolute atomic E-state index is 0.0189. The molecule has 3 rings (SSSR count). The maximum Gasteiger partial charge on any atom is 0.198 e. The van der Waals surface area contributed by atoms with Crippen molar-refractivity contribution in [3.8, 4) is 5.75 Å². The van der Waals surface area contributed by atoms with Gasteiger partial charge >= 0.3 is 0 Å². The number of fused-ring (bicyclic) bond motifs is 2. The summed E-state index contributed by atoms with van der Waals surface area (Å²) in [6.45, 7) is 14.5. The molecule has 1 aliphatic carbocycles. The van der Waals surface area contributed by atoms with Gasteiger partial charge in [0.05, 0.1) is 197 Å². The zero-order chi connectivity index (χ0) is 48.1. The van der Waals surface area contributed by atoms with Gasteiger partial charge in [-0.25, -0.2) is 0 Å². The van der Waals surface area contributed by atoms with E-state index in [4.69, 9.17) is 76.2 Å². The van der Waals surface area contributed by atoms with Crippen molar-refractivity contribution in [2.75, 3.05) is 198 Å². The first-order chi connectivity index (χ1) is 33.7. The first-order valence-corrected chi connectivity index (χ1v) is 24.4. The van der Waals surface area contributed by atoms with Crippen LogP contribution in [0.15, 0.2) is 42.5 Å². The summed E-state index contributed by atoms with van der Waals surface area (Å²) in [5.74, 6) is 0.200. The highest BCUT2D eigenvalue weighted by atomic mass is 16.6. The number of aliphatic hydroxyl groups is 1. The summed E-state index contributed by atoms with van der Waals surface area (Å²) in [5, 5.41) is 8.61. The molecule has 1 aliphatic rings. The standard InChI is InChI=1S/C50H80O18/c51-14-17-55-19-21-57-23-25-59-27-29-61-31-33-63-35-37-65-39-41-67-43-42-66-40-38-64-36-34-62-32-30-60-28-26-58-24-22-56-20-18-54-15-7-3-1-2-4-8-16-68-47-13-9-12-46-48(47)50(53)45-11-6-5-10-44(45)49(46)52/h5-6,9-13,51H,1-4,7-8,14-43H2. The highest BCUT2D eigenvalue weighted by molar-refractivity contribution is 6.29. The summed E-state index contributed by atoms with van der Waals surface area (Å²) in [5.41, 5.74) is 1.68. The van der Waals surface area contributed by atoms with Crippen molar-refractivity contribution < 1.29 is 85.7 Å². The molecule has 0 radical (unpaired) electrons. The van der Waals surface area contributed by atoms with Crippen LogP contribution in [0.1, 0.15) is 70.4 Å². The Kier molecular flexibility index (Phi) is 38.3. The van der Waals surface area contributed by atoms with Gasteiger partial charge < -0.3 is 76.2 Å². The van der Waals surface area contributed by atoms with Crippen LogP contribution in [0.3, 0.4) is 0 Å². The van der Waals surface area contributed by atoms with Crippen LogP contribution in [0.2, 0.25) is 0 Å². The Morgan fingerprint density at radius 3 is 0.912 bits per heavy atom. The fourth-order valence-electron chi connectivity index (χ4n) is 6.45. The summed E-state index contributed by atoms with van der Waals surface area (Å²) in [4.78, 5) is 26.0. The molecule has 1 N–H and O–H groups in total. The average Bonchev–Trinajstić information content (AvgIpc) is 3.36. The molecule has 0 atom stereocenters. The van der Waals surface area contributed by atoms with Crippen LogP contribution in [0.5, 0.6) is 5.75 Å². The van der Waals surface area contributed by atoms with Crippen LogP contribution in [-0.4, -0.2) is 215 Å². The van der Waals surface area contributed by atoms with E-state index in [0.29, 0.717) is 213 Å². The van der Waals surface area contributed by atoms with Crippen molar-refractivity contribution in [1.82, 2.24) is 0 Å². The molecule has 68 heavy (non-hydrogen) atoms. The van der Waals surface area contributed by atoms with Crippen LogP contribution in [0.4, 0.5) is 0 Å². The highest BCUT2D eigenvalue weighted by Gasteiger charge is 2.31. The zero-order valence-corrected chi connectivity index (χ0v) is 40.4. The third-order valence-corrected chi connectivity index (χ3v) is 9.93. The number of ketones is 2. The predicted octanol–water partition coefficient (Wildman–Crippen LogP) is 4.41. The fourth-order valence-corrected chi connectivity index (χ4v) is 6.45. The Morgan fingerprint density at radius 2 is 0.559 bits per heavy atom. The lowest BCUT2D eigenvalue weighted by atomic mass is 9.83. The quantitative estimate of drug-likeness (QED) is 0.0782. The average molecular weight is 969 g/mol. The van der Waals surface area contributed by atoms with Crippen molar-refractivity contribution in [2.45, 2.75) is 38.5 Å². The molecule has 2 aromatic rings. The van der Waals surface area contributed by atoms with Gasteiger partial charge in [0.1, 0.15) is 5.75 Å². The molecule has 2 aromatic carbocycles. The first kappa shape index (κ1) is 59.3. The number of hydrogen-bond acceptors (Lipinski definition) is 18. The van der Waals surface area contributed by atoms with E-state index in [1.54, 1.807) is 42.5 Å². The Labute approximate surface area is 403 Å². The Hall–Kier alpha value is -3.02. The normalized spacial score (nSPS) is 12.2. The molecule has 18 heteroatoms. The Balaban J connectivity index is 0.907. The van der Waals surface area contributed by atoms with Gasteiger partial charge in [-0.2, -0.15) is 0 Å². The monoisotopic (exact) mass is 969 g/mol. The third-order valence-electron chi connectivity index (χ3n) is 9.93. The topological polar surface area (TPSA) is 193 Å². The van der Waals surface area contributed by atoms with Gasteiger partial charge in [0.2, 0.25) is 0 Å². The van der Waals surface area contributed by atoms with E-state index >= 15 is 0 Å². The lowest BCUT2D eigenvalue weighted by Gasteiger charge is -2.20. The molecule has 0 unspecified atom stereocenters. The van der Waals surface area contributed by atoms with Gasteiger partial charge in [-0.3, -0.25) is 9.59 Å². The molecule has 0 aliphatic heterocycles. The van der Waals surface area contributed by atoms with Gasteiger partial charge in [0, 0.05) is 23.3 Å². The predicted molar refractivity (Wildman–Crippen MR) is 251 cm³/mol. The van der Waals surface area contributed by atoms with E-state index in [1.165, 1.54) is 0 Å². The molecule has 0 saturated heterocycles. The molecule has 0 bridgehead atoms. The van der Waals surface area contributed by atoms with E-state index in [-0.39, 0.29) is 18.2 Å². The number of ether oxygens (including phenoxy) is 15. The molecule has 0 aromatic heterocycles. The van der Waals surface area contributed by atoms with Gasteiger partial charge in [-0.05, 0) is 18.9 Å². The Bertz CT molecular complexity index is 1500. The van der Waals surface area contributed by atoms with Crippen molar-refractivity contribution >= 4 is 11.6 Å². The van der Waals surface area contributed by atoms with Crippen molar-refractivity contribution in [2.24, 2.45) is 0 Å². The van der Waals surface area contributed by atoms with Crippen molar-refractivity contribution in [3.63, 3.8) is 0 Å². The smallest absolute Gasteiger partial charge is 0.198 e. The van der Waals surface area contributed by atoms with Crippen molar-refractivity contribution in [1.29, 1.82) is 0 Å². The second kappa shape index (κ2) is 44.0. The molecular weight excluding hydrogens is 889 g/mol. The Morgan fingerprint density at radius 1 is 0.279 bits per heavy atom. The van der Waals surface area contributed by atoms with E-state index < -0.39 is 0 Å². The maximum absolute atomic E-state index is 13.1. The summed E-state index contributed by atoms with van der Waals surface area (Å²) in [6.07, 6.45) is 6.28. The molecule has 0 spiro atoms. The number of unbranched alkanes of at least 4 members (excludes halogenated alkanes) is 5. The van der Waals surface area contributed by atoms with Gasteiger partial charge in [-0.15, -0.1) is 0 Å². The van der Waals surface area contributed by atoms with Crippen LogP contribution < -0.4 is 4.74 Å². The lowest BCUT2D eigenvalue weighted by molar-refractivity contribution is -0.0297. The second-order valence-electron chi connectivity index (χ2n) is 15.1. The summed E-state index contributed by atoms with van der Waals surface area (Å²) in [7, 11) is 0. The number of aliphatic hydroxyl groups excluding tert-OH is 1. The van der Waals surface area contributed by atoms with E-state index in [1.807, 2.05) is 0 Å². The largest absolute Gasteiger partial charge is 0.493 e. The second-order valence-corrected chi connectivity index (χ2v) is 15.1. The zero-order valence-electron chi connectivity index (χ0n) is 40.4. The van der Waals surface area contributed by atoms with Gasteiger partial charge in [0.25, 0.3) is 0 Å². The van der Waals surface area contributed by atoms with E-state index in [9.17, 15) is 9.59 Å². The minimum Gasteiger partial charge on any atom is -0.493 e. The first-order valence-electron chi connectivity index (χ1n) is 24.4. The lowest BCUT2D eigenvalue weighted by Crippen LogP contribution is -2.21. The van der Waals surface area contributed by atoms with Crippen LogP contribution in [-0.2, 0) is 66.3 Å². The van der Waals surface area contributed by atoms with Crippen molar-refractivity contribution in [3.05, 3.63) is 64.7 Å². The number of benzene rings is 2. The molecule has 0 saturated carbocycles. The van der Waals surface area contributed by atoms with Gasteiger partial charge in [-0.1, -0.05) is 62.1 Å². The third kappa shape index (κ3) is 29.9. The SMILES string of the molecule is O=C1c2ccccc2C(=O)c2c(OCCCCCCCCOCCOCCOCCOCCOCCOCCOCCOCCOCCOCCOCCOCCOCCOCCO)cccc21. The molecular formula is C50H80O18. The van der Waals surface area contributed by atoms with E-state index in [2.05, 4.69) is 0 Å². The number of carbonyl (C=O) groups is 2. The molecule has 0 fully saturated rings. The summed E-state index contributed by atoms with van der Waals surface area (Å²) >= 11 is 0. The molecule has 388 valence electrons. The van der Waals surface area contributed by atoms with Crippen LogP contribution in [0, 0.1) is 0 Å². The number of rotatable bonds is 51. The minimum atomic E-state index is -0.154. The summed E-state index contributed by atoms with van der Waals surface area (Å²) in [6, 6.07) is 12.2. The van der Waals surface area contributed by atoms with Gasteiger partial charge in [0.15, 0.2) is 11.6 Å². The van der Waals surface area contributed by atoms with Crippen LogP contribution in [0.25, 0.3) is 0 Å². The fraction of sp³-hybridized carbons (Fsp3) is 0.720. The maximum atomic E-state index is 13.1. The number of carbonyl (C=O) groups excluding carboxylic acids is 2. The van der Waals surface area contributed by atoms with E-state index in [0.717, 1.165) is 45.1 Å². The summed E-state index contributed by atoms with van der Waals surface area (Å²) < 4.78 is 82.7. The molecule has 0 amide bonds. The highest BCUT2D eigenvalue weighted by Crippen LogP contribution is 2.33.